The van der Waals surface area contributed by atoms with Crippen LogP contribution >= 0.6 is 0 Å². The van der Waals surface area contributed by atoms with Crippen molar-refractivity contribution >= 4 is 5.96 Å². The Morgan fingerprint density at radius 2 is 1.91 bits per heavy atom. The van der Waals surface area contributed by atoms with Crippen LogP contribution in [0.4, 0.5) is 0 Å². The van der Waals surface area contributed by atoms with Crippen LogP contribution in [0.25, 0.3) is 0 Å². The topological polar surface area (TPSA) is 48.9 Å². The standard InChI is InChI=1S/C17H30N4O/c1-6-7-12-19-17(18-2)20-13-16(21(3)4)14-8-10-15(22-5)11-9-14/h8-11,16H,6-7,12-13H2,1-5H3,(H2,18,19,20). The van der Waals surface area contributed by atoms with E-state index >= 15 is 0 Å². The maximum atomic E-state index is 5.22. The van der Waals surface area contributed by atoms with Crippen LogP contribution in [-0.4, -0.2) is 52.2 Å². The summed E-state index contributed by atoms with van der Waals surface area (Å²) >= 11 is 0. The number of rotatable bonds is 8. The fourth-order valence-electron chi connectivity index (χ4n) is 2.22. The molecule has 2 N–H and O–H groups in total. The summed E-state index contributed by atoms with van der Waals surface area (Å²) in [5.41, 5.74) is 1.25. The van der Waals surface area contributed by atoms with E-state index in [9.17, 15) is 0 Å². The monoisotopic (exact) mass is 306 g/mol. The molecule has 0 heterocycles. The van der Waals surface area contributed by atoms with Crippen LogP contribution in [0.1, 0.15) is 31.4 Å². The van der Waals surface area contributed by atoms with E-state index in [4.69, 9.17) is 4.74 Å². The van der Waals surface area contributed by atoms with Gasteiger partial charge in [-0.05, 0) is 38.2 Å². The van der Waals surface area contributed by atoms with E-state index in [0.29, 0.717) is 0 Å². The van der Waals surface area contributed by atoms with E-state index < -0.39 is 0 Å². The third-order valence-electron chi connectivity index (χ3n) is 3.63. The van der Waals surface area contributed by atoms with Crippen molar-refractivity contribution < 1.29 is 4.74 Å². The molecule has 0 amide bonds. The first kappa shape index (κ1) is 18.3. The highest BCUT2D eigenvalue weighted by molar-refractivity contribution is 5.79. The first-order valence-corrected chi connectivity index (χ1v) is 7.87. The van der Waals surface area contributed by atoms with Crippen molar-refractivity contribution in [3.8, 4) is 5.75 Å². The number of hydrogen-bond acceptors (Lipinski definition) is 3. The zero-order valence-electron chi connectivity index (χ0n) is 14.5. The Bertz CT molecular complexity index is 442. The Hall–Kier alpha value is -1.75. The molecule has 0 aromatic heterocycles. The molecule has 1 aromatic rings. The largest absolute Gasteiger partial charge is 0.497 e. The molecule has 0 radical (unpaired) electrons. The Kier molecular flexibility index (Phi) is 8.36. The Morgan fingerprint density at radius 3 is 2.41 bits per heavy atom. The summed E-state index contributed by atoms with van der Waals surface area (Å²) in [7, 11) is 7.67. The van der Waals surface area contributed by atoms with Gasteiger partial charge in [0.05, 0.1) is 13.2 Å². The third kappa shape index (κ3) is 5.93. The van der Waals surface area contributed by atoms with Gasteiger partial charge in [-0.3, -0.25) is 4.99 Å². The minimum atomic E-state index is 0.274. The average Bonchev–Trinajstić information content (AvgIpc) is 2.53. The number of hydrogen-bond donors (Lipinski definition) is 2. The molecule has 22 heavy (non-hydrogen) atoms. The highest BCUT2D eigenvalue weighted by Crippen LogP contribution is 2.20. The minimum Gasteiger partial charge on any atom is -0.497 e. The van der Waals surface area contributed by atoms with Crippen LogP contribution in [0.3, 0.4) is 0 Å². The van der Waals surface area contributed by atoms with Gasteiger partial charge >= 0.3 is 0 Å². The lowest BCUT2D eigenvalue weighted by atomic mass is 10.1. The molecule has 1 aromatic carbocycles. The van der Waals surface area contributed by atoms with E-state index in [1.54, 1.807) is 14.2 Å². The van der Waals surface area contributed by atoms with Gasteiger partial charge in [-0.25, -0.2) is 0 Å². The van der Waals surface area contributed by atoms with E-state index in [0.717, 1.165) is 31.2 Å². The summed E-state index contributed by atoms with van der Waals surface area (Å²) in [6, 6.07) is 8.49. The number of methoxy groups -OCH3 is 1. The van der Waals surface area contributed by atoms with Gasteiger partial charge in [-0.15, -0.1) is 0 Å². The van der Waals surface area contributed by atoms with E-state index in [1.807, 2.05) is 12.1 Å². The maximum absolute atomic E-state index is 5.22. The molecule has 1 rings (SSSR count). The summed E-state index contributed by atoms with van der Waals surface area (Å²) in [6.45, 7) is 3.93. The molecule has 124 valence electrons. The lowest BCUT2D eigenvalue weighted by Gasteiger charge is -2.26. The SMILES string of the molecule is CCCCNC(=NC)NCC(c1ccc(OC)cc1)N(C)C. The van der Waals surface area contributed by atoms with Crippen LogP contribution in [0, 0.1) is 0 Å². The van der Waals surface area contributed by atoms with Gasteiger partial charge in [-0.2, -0.15) is 0 Å². The fourth-order valence-corrected chi connectivity index (χ4v) is 2.22. The van der Waals surface area contributed by atoms with E-state index in [2.05, 4.69) is 53.7 Å². The van der Waals surface area contributed by atoms with Gasteiger partial charge < -0.3 is 20.3 Å². The van der Waals surface area contributed by atoms with E-state index in [-0.39, 0.29) is 6.04 Å². The zero-order valence-corrected chi connectivity index (χ0v) is 14.5. The van der Waals surface area contributed by atoms with Crippen molar-refractivity contribution in [2.45, 2.75) is 25.8 Å². The maximum Gasteiger partial charge on any atom is 0.191 e. The number of nitrogens with one attached hydrogen (secondary N) is 2. The Balaban J connectivity index is 2.63. The normalized spacial score (nSPS) is 13.1. The second-order valence-electron chi connectivity index (χ2n) is 5.49. The molecule has 5 nitrogen and oxygen atoms in total. The molecule has 0 aliphatic rings. The van der Waals surface area contributed by atoms with Gasteiger partial charge in [0, 0.05) is 20.1 Å². The van der Waals surface area contributed by atoms with Gasteiger partial charge in [0.15, 0.2) is 5.96 Å². The second-order valence-corrected chi connectivity index (χ2v) is 5.49. The molecular weight excluding hydrogens is 276 g/mol. The molecule has 1 atom stereocenters. The number of guanidine groups is 1. The van der Waals surface area contributed by atoms with Crippen LogP contribution in [0.2, 0.25) is 0 Å². The van der Waals surface area contributed by atoms with Crippen molar-refractivity contribution in [2.24, 2.45) is 4.99 Å². The predicted octanol–water partition coefficient (Wildman–Crippen LogP) is 2.26. The summed E-state index contributed by atoms with van der Waals surface area (Å²) in [4.78, 5) is 6.47. The quantitative estimate of drug-likeness (QED) is 0.439. The Labute approximate surface area is 134 Å². The lowest BCUT2D eigenvalue weighted by molar-refractivity contribution is 0.298. The van der Waals surface area contributed by atoms with Crippen LogP contribution in [0.5, 0.6) is 5.75 Å². The second kappa shape index (κ2) is 10.1. The first-order valence-electron chi connectivity index (χ1n) is 7.87. The number of aliphatic imine (C=N–C) groups is 1. The highest BCUT2D eigenvalue weighted by Gasteiger charge is 2.14. The van der Waals surface area contributed by atoms with Crippen molar-refractivity contribution in [1.82, 2.24) is 15.5 Å². The molecule has 0 aliphatic heterocycles. The predicted molar refractivity (Wildman–Crippen MR) is 93.7 cm³/mol. The lowest BCUT2D eigenvalue weighted by Crippen LogP contribution is -2.42. The minimum absolute atomic E-state index is 0.274. The Morgan fingerprint density at radius 1 is 1.23 bits per heavy atom. The molecule has 0 saturated heterocycles. The number of likely N-dealkylation sites (N-methyl/N-ethyl adjacent to an activating group) is 1. The molecule has 0 aliphatic carbocycles. The van der Waals surface area contributed by atoms with Gasteiger partial charge in [-0.1, -0.05) is 25.5 Å². The van der Waals surface area contributed by atoms with Gasteiger partial charge in [0.1, 0.15) is 5.75 Å². The molecular formula is C17H30N4O. The van der Waals surface area contributed by atoms with Crippen LogP contribution < -0.4 is 15.4 Å². The number of ether oxygens (including phenoxy) is 1. The molecule has 5 heteroatoms. The number of unbranched alkanes of at least 4 members (excludes halogenated alkanes) is 1. The van der Waals surface area contributed by atoms with Crippen molar-refractivity contribution in [3.63, 3.8) is 0 Å². The fraction of sp³-hybridized carbons (Fsp3) is 0.588. The highest BCUT2D eigenvalue weighted by atomic mass is 16.5. The van der Waals surface area contributed by atoms with Gasteiger partial charge in [0.2, 0.25) is 0 Å². The number of nitrogens with zero attached hydrogens (tertiary/aromatic N) is 2. The summed E-state index contributed by atoms with van der Waals surface area (Å²) in [5, 5.41) is 6.74. The molecule has 0 saturated carbocycles. The molecule has 0 bridgehead atoms. The summed E-state index contributed by atoms with van der Waals surface area (Å²) in [6.07, 6.45) is 2.33. The molecule has 1 unspecified atom stereocenters. The smallest absolute Gasteiger partial charge is 0.191 e. The molecule has 0 fully saturated rings. The van der Waals surface area contributed by atoms with Crippen molar-refractivity contribution in [2.75, 3.05) is 41.3 Å². The summed E-state index contributed by atoms with van der Waals surface area (Å²) in [5.74, 6) is 1.74. The van der Waals surface area contributed by atoms with Gasteiger partial charge in [0.25, 0.3) is 0 Å². The van der Waals surface area contributed by atoms with Crippen LogP contribution in [-0.2, 0) is 0 Å². The summed E-state index contributed by atoms with van der Waals surface area (Å²) < 4.78 is 5.22. The first-order chi connectivity index (χ1) is 10.6. The zero-order chi connectivity index (χ0) is 16.4. The van der Waals surface area contributed by atoms with E-state index in [1.165, 1.54) is 12.0 Å². The van der Waals surface area contributed by atoms with Crippen molar-refractivity contribution in [3.05, 3.63) is 29.8 Å². The average molecular weight is 306 g/mol. The van der Waals surface area contributed by atoms with Crippen molar-refractivity contribution in [1.29, 1.82) is 0 Å². The third-order valence-corrected chi connectivity index (χ3v) is 3.63. The molecule has 0 spiro atoms. The van der Waals surface area contributed by atoms with Crippen LogP contribution in [0.15, 0.2) is 29.3 Å². The number of benzene rings is 1.